The minimum absolute atomic E-state index is 0.298. The summed E-state index contributed by atoms with van der Waals surface area (Å²) in [6.45, 7) is 7.16. The van der Waals surface area contributed by atoms with Gasteiger partial charge >= 0.3 is 12.1 Å². The van der Waals surface area contributed by atoms with Crippen molar-refractivity contribution in [3.63, 3.8) is 0 Å². The fraction of sp³-hybridized carbons (Fsp3) is 0.800. The van der Waals surface area contributed by atoms with Crippen molar-refractivity contribution >= 4 is 12.1 Å². The minimum Gasteiger partial charge on any atom is -0.465 e. The topological polar surface area (TPSA) is 66.8 Å². The van der Waals surface area contributed by atoms with Gasteiger partial charge < -0.3 is 9.84 Å². The van der Waals surface area contributed by atoms with Crippen LogP contribution in [0.25, 0.3) is 0 Å². The predicted octanol–water partition coefficient (Wildman–Crippen LogP) is 1.47. The van der Waals surface area contributed by atoms with Crippen molar-refractivity contribution in [2.45, 2.75) is 51.8 Å². The van der Waals surface area contributed by atoms with E-state index in [1.807, 2.05) is 6.92 Å². The van der Waals surface area contributed by atoms with Crippen LogP contribution in [0.5, 0.6) is 0 Å². The first-order valence-electron chi connectivity index (χ1n) is 5.01. The molecule has 1 rings (SSSR count). The van der Waals surface area contributed by atoms with Gasteiger partial charge in [-0.3, -0.25) is 4.90 Å². The van der Waals surface area contributed by atoms with E-state index in [4.69, 9.17) is 9.84 Å². The average Bonchev–Trinajstić information content (AvgIpc) is 2.07. The van der Waals surface area contributed by atoms with Gasteiger partial charge in [0.15, 0.2) is 6.04 Å². The number of cyclic esters (lactones) is 1. The third-order valence-electron chi connectivity index (χ3n) is 2.47. The zero-order chi connectivity index (χ0) is 11.8. The summed E-state index contributed by atoms with van der Waals surface area (Å²) in [5.74, 6) is -0.445. The molecule has 0 spiro atoms. The van der Waals surface area contributed by atoms with E-state index in [0.717, 1.165) is 0 Å². The molecular weight excluding hydrogens is 198 g/mol. The number of esters is 1. The number of amides is 1. The second-order valence-corrected chi connectivity index (χ2v) is 4.65. The Morgan fingerprint density at radius 1 is 1.53 bits per heavy atom. The lowest BCUT2D eigenvalue weighted by Gasteiger charge is -2.46. The van der Waals surface area contributed by atoms with E-state index in [0.29, 0.717) is 6.42 Å². The summed E-state index contributed by atoms with van der Waals surface area (Å²) in [5, 5.41) is 9.09. The fourth-order valence-corrected chi connectivity index (χ4v) is 1.76. The molecule has 0 bridgehead atoms. The summed E-state index contributed by atoms with van der Waals surface area (Å²) >= 11 is 0. The highest BCUT2D eigenvalue weighted by Crippen LogP contribution is 2.29. The standard InChI is InChI=1S/C10H17NO4/c1-5-6-7(8(12)15-6)11(9(13)14)10(2,3)4/h6-7H,5H2,1-4H3,(H,13,14)/t6-,7+/m0/s1. The lowest BCUT2D eigenvalue weighted by atomic mass is 9.95. The van der Waals surface area contributed by atoms with Crippen LogP contribution < -0.4 is 0 Å². The van der Waals surface area contributed by atoms with E-state index < -0.39 is 23.6 Å². The van der Waals surface area contributed by atoms with Gasteiger partial charge in [-0.2, -0.15) is 0 Å². The number of carboxylic acid groups (broad SMARTS) is 1. The van der Waals surface area contributed by atoms with E-state index >= 15 is 0 Å². The Kier molecular flexibility index (Phi) is 2.93. The zero-order valence-corrected chi connectivity index (χ0v) is 9.48. The van der Waals surface area contributed by atoms with Crippen LogP contribution in [-0.2, 0) is 9.53 Å². The van der Waals surface area contributed by atoms with Crippen molar-refractivity contribution in [1.29, 1.82) is 0 Å². The Balaban J connectivity index is 2.90. The highest BCUT2D eigenvalue weighted by atomic mass is 16.6. The number of carbonyl (C=O) groups excluding carboxylic acids is 1. The number of hydrogen-bond donors (Lipinski definition) is 1. The van der Waals surface area contributed by atoms with Crippen molar-refractivity contribution < 1.29 is 19.4 Å². The summed E-state index contributed by atoms with van der Waals surface area (Å²) in [6, 6.07) is -0.646. The fourth-order valence-electron chi connectivity index (χ4n) is 1.76. The first-order chi connectivity index (χ1) is 6.79. The number of hydrogen-bond acceptors (Lipinski definition) is 3. The van der Waals surface area contributed by atoms with E-state index in [1.54, 1.807) is 20.8 Å². The molecule has 1 aliphatic rings. The van der Waals surface area contributed by atoms with Crippen molar-refractivity contribution in [1.82, 2.24) is 4.90 Å². The molecule has 0 saturated carbocycles. The Morgan fingerprint density at radius 3 is 2.33 bits per heavy atom. The molecule has 0 aromatic rings. The van der Waals surface area contributed by atoms with E-state index in [9.17, 15) is 9.59 Å². The number of ether oxygens (including phenoxy) is 1. The molecule has 2 atom stereocenters. The second-order valence-electron chi connectivity index (χ2n) is 4.65. The SMILES string of the molecule is CC[C@@H]1OC(=O)[C@@H]1N(C(=O)O)C(C)(C)C. The van der Waals surface area contributed by atoms with Crippen molar-refractivity contribution in [3.05, 3.63) is 0 Å². The molecule has 1 N–H and O–H groups in total. The van der Waals surface area contributed by atoms with Gasteiger partial charge in [0.1, 0.15) is 6.10 Å². The number of rotatable bonds is 2. The summed E-state index contributed by atoms with van der Waals surface area (Å²) in [4.78, 5) is 23.5. The van der Waals surface area contributed by atoms with Crippen molar-refractivity contribution in [3.8, 4) is 0 Å². The lowest BCUT2D eigenvalue weighted by Crippen LogP contribution is -2.65. The Hall–Kier alpha value is -1.26. The Labute approximate surface area is 89.0 Å². The van der Waals surface area contributed by atoms with Gasteiger partial charge in [0.2, 0.25) is 0 Å². The van der Waals surface area contributed by atoms with Gasteiger partial charge in [-0.15, -0.1) is 0 Å². The zero-order valence-electron chi connectivity index (χ0n) is 9.48. The Bertz CT molecular complexity index is 282. The van der Waals surface area contributed by atoms with Crippen LogP contribution in [0, 0.1) is 0 Å². The molecular formula is C10H17NO4. The van der Waals surface area contributed by atoms with Gasteiger partial charge in [0, 0.05) is 5.54 Å². The van der Waals surface area contributed by atoms with Crippen LogP contribution in [-0.4, -0.2) is 39.8 Å². The van der Waals surface area contributed by atoms with Gasteiger partial charge in [-0.25, -0.2) is 9.59 Å². The number of nitrogens with zero attached hydrogens (tertiary/aromatic N) is 1. The van der Waals surface area contributed by atoms with Crippen LogP contribution in [0.3, 0.4) is 0 Å². The molecule has 0 aromatic carbocycles. The van der Waals surface area contributed by atoms with Crippen LogP contribution in [0.15, 0.2) is 0 Å². The maximum atomic E-state index is 11.3. The van der Waals surface area contributed by atoms with Gasteiger partial charge in [-0.05, 0) is 27.2 Å². The molecule has 0 aromatic heterocycles. The van der Waals surface area contributed by atoms with Crippen molar-refractivity contribution in [2.24, 2.45) is 0 Å². The molecule has 86 valence electrons. The van der Waals surface area contributed by atoms with Gasteiger partial charge in [0.25, 0.3) is 0 Å². The second kappa shape index (κ2) is 3.72. The van der Waals surface area contributed by atoms with Crippen LogP contribution >= 0.6 is 0 Å². The molecule has 1 heterocycles. The monoisotopic (exact) mass is 215 g/mol. The maximum absolute atomic E-state index is 11.3. The lowest BCUT2D eigenvalue weighted by molar-refractivity contribution is -0.190. The largest absolute Gasteiger partial charge is 0.465 e. The molecule has 5 nitrogen and oxygen atoms in total. The highest BCUT2D eigenvalue weighted by Gasteiger charge is 2.50. The van der Waals surface area contributed by atoms with E-state index in [1.165, 1.54) is 4.90 Å². The summed E-state index contributed by atoms with van der Waals surface area (Å²) in [5.41, 5.74) is -0.594. The van der Waals surface area contributed by atoms with E-state index in [-0.39, 0.29) is 6.10 Å². The molecule has 1 aliphatic heterocycles. The number of carbonyl (C=O) groups is 2. The molecule has 1 amide bonds. The van der Waals surface area contributed by atoms with Gasteiger partial charge in [-0.1, -0.05) is 6.92 Å². The first-order valence-corrected chi connectivity index (χ1v) is 5.01. The molecule has 1 fully saturated rings. The summed E-state index contributed by atoms with van der Waals surface area (Å²) in [6.07, 6.45) is -0.744. The molecule has 0 radical (unpaired) electrons. The van der Waals surface area contributed by atoms with Crippen LogP contribution in [0.2, 0.25) is 0 Å². The quantitative estimate of drug-likeness (QED) is 0.708. The molecule has 5 heteroatoms. The normalized spacial score (nSPS) is 25.5. The summed E-state index contributed by atoms with van der Waals surface area (Å²) < 4.78 is 4.88. The smallest absolute Gasteiger partial charge is 0.408 e. The van der Waals surface area contributed by atoms with Crippen molar-refractivity contribution in [2.75, 3.05) is 0 Å². The van der Waals surface area contributed by atoms with Crippen LogP contribution in [0.1, 0.15) is 34.1 Å². The van der Waals surface area contributed by atoms with Crippen LogP contribution in [0.4, 0.5) is 4.79 Å². The summed E-state index contributed by atoms with van der Waals surface area (Å²) in [7, 11) is 0. The maximum Gasteiger partial charge on any atom is 0.408 e. The molecule has 0 aliphatic carbocycles. The minimum atomic E-state index is -1.08. The first kappa shape index (κ1) is 11.8. The predicted molar refractivity (Wildman–Crippen MR) is 53.6 cm³/mol. The molecule has 0 unspecified atom stereocenters. The highest BCUT2D eigenvalue weighted by molar-refractivity contribution is 5.86. The molecule has 1 saturated heterocycles. The van der Waals surface area contributed by atoms with Gasteiger partial charge in [0.05, 0.1) is 0 Å². The molecule has 15 heavy (non-hydrogen) atoms. The Morgan fingerprint density at radius 2 is 2.07 bits per heavy atom. The third-order valence-corrected chi connectivity index (χ3v) is 2.47. The average molecular weight is 215 g/mol. The third kappa shape index (κ3) is 2.06. The van der Waals surface area contributed by atoms with E-state index in [2.05, 4.69) is 0 Å².